The molecule has 0 amide bonds. The first-order valence-electron chi connectivity index (χ1n) is 12.0. The van der Waals surface area contributed by atoms with Crippen LogP contribution in [-0.2, 0) is 9.47 Å². The summed E-state index contributed by atoms with van der Waals surface area (Å²) < 4.78 is 13.7. The molecule has 0 spiro atoms. The van der Waals surface area contributed by atoms with Gasteiger partial charge in [-0.05, 0) is 0 Å². The van der Waals surface area contributed by atoms with Crippen LogP contribution in [0.3, 0.4) is 0 Å². The Balaban J connectivity index is 1.28. The zero-order valence-electron chi connectivity index (χ0n) is 19.7. The van der Waals surface area contributed by atoms with Gasteiger partial charge in [-0.15, -0.1) is 0 Å². The normalized spacial score (nSPS) is 18.2. The molecule has 2 aromatic rings. The fourth-order valence-corrected chi connectivity index (χ4v) is 10.9. The summed E-state index contributed by atoms with van der Waals surface area (Å²) in [6.45, 7) is 11.2. The van der Waals surface area contributed by atoms with Gasteiger partial charge in [0.2, 0.25) is 0 Å². The van der Waals surface area contributed by atoms with E-state index < -0.39 is 0 Å². The van der Waals surface area contributed by atoms with Gasteiger partial charge in [-0.2, -0.15) is 0 Å². The summed E-state index contributed by atoms with van der Waals surface area (Å²) in [4.78, 5) is 14.3. The quantitative estimate of drug-likeness (QED) is 0.281. The fraction of sp³-hybridized carbons (Fsp3) is 0.462. The van der Waals surface area contributed by atoms with Crippen molar-refractivity contribution in [1.29, 1.82) is 0 Å². The van der Waals surface area contributed by atoms with Crippen molar-refractivity contribution in [3.8, 4) is 0 Å². The Morgan fingerprint density at radius 2 is 1.06 bits per heavy atom. The van der Waals surface area contributed by atoms with Gasteiger partial charge < -0.3 is 0 Å². The topological polar surface area (TPSA) is 49.7 Å². The molecule has 2 aliphatic heterocycles. The summed E-state index contributed by atoms with van der Waals surface area (Å²) in [6.07, 6.45) is 4.15. The third kappa shape index (κ3) is 8.71. The molecule has 0 aromatic heterocycles. The number of rotatable bonds is 11. The van der Waals surface area contributed by atoms with Crippen LogP contribution in [0.2, 0.25) is 0 Å². The summed E-state index contributed by atoms with van der Waals surface area (Å²) in [5.74, 6) is 0. The van der Waals surface area contributed by atoms with Crippen LogP contribution in [0.4, 0.5) is 0 Å². The number of hydrogen-bond donors (Lipinski definition) is 0. The fourth-order valence-electron chi connectivity index (χ4n) is 3.79. The van der Waals surface area contributed by atoms with Gasteiger partial charge in [0.15, 0.2) is 0 Å². The number of benzene rings is 2. The molecule has 34 heavy (non-hydrogen) atoms. The molecule has 0 radical (unpaired) electrons. The average molecular weight is 593 g/mol. The second-order valence-electron chi connectivity index (χ2n) is 8.22. The van der Waals surface area contributed by atoms with Crippen molar-refractivity contribution in [2.45, 2.75) is 0 Å². The Hall–Kier alpha value is -1.34. The first kappa shape index (κ1) is 25.7. The van der Waals surface area contributed by atoms with Crippen LogP contribution >= 0.6 is 0 Å². The van der Waals surface area contributed by atoms with Gasteiger partial charge in [-0.25, -0.2) is 0 Å². The Morgan fingerprint density at radius 1 is 0.647 bits per heavy atom. The van der Waals surface area contributed by atoms with Crippen LogP contribution in [0.15, 0.2) is 58.5 Å². The third-order valence-corrected chi connectivity index (χ3v) is 13.1. The number of hydrogen-bond acceptors (Lipinski definition) is 6. The Bertz CT molecular complexity index is 853. The zero-order valence-corrected chi connectivity index (χ0v) is 23.1. The van der Waals surface area contributed by atoms with Crippen molar-refractivity contribution in [2.24, 2.45) is 9.98 Å². The molecule has 0 unspecified atom stereocenters. The molecule has 0 aliphatic carbocycles. The predicted octanol–water partition coefficient (Wildman–Crippen LogP) is 0.463. The number of aliphatic imine (C=N–C) groups is 2. The van der Waals surface area contributed by atoms with E-state index in [4.69, 9.17) is 19.5 Å². The summed E-state index contributed by atoms with van der Waals surface area (Å²) in [6, 6.07) is 17.5. The van der Waals surface area contributed by atoms with Gasteiger partial charge in [0.25, 0.3) is 0 Å². The summed E-state index contributed by atoms with van der Waals surface area (Å²) >= 11 is 0.801. The summed E-state index contributed by atoms with van der Waals surface area (Å²) in [5.41, 5.74) is 2.53. The molecule has 0 atom stereocenters. The standard InChI is InChI=1S/C26H34N4O2Se2/c1-3-7-25(23(5-1)21-27-9-11-29-13-17-31-18-14-29)33-34-26-8-4-2-6-24(26)22-28-10-12-30-15-19-32-20-16-30/h1-8,21-22H,9-20H2. The third-order valence-electron chi connectivity index (χ3n) is 5.82. The number of nitrogens with zero attached hydrogens (tertiary/aromatic N) is 4. The first-order valence-corrected chi connectivity index (χ1v) is 18.1. The molecule has 0 bridgehead atoms. The molecular formula is C26H34N4O2Se2. The maximum atomic E-state index is 5.42. The molecule has 0 saturated carbocycles. The minimum atomic E-state index is 0.400. The van der Waals surface area contributed by atoms with E-state index >= 15 is 0 Å². The molecule has 2 aliphatic rings. The van der Waals surface area contributed by atoms with Crippen LogP contribution < -0.4 is 8.92 Å². The van der Waals surface area contributed by atoms with E-state index in [0.717, 1.165) is 78.8 Å². The molecular weight excluding hydrogens is 558 g/mol. The van der Waals surface area contributed by atoms with E-state index in [9.17, 15) is 0 Å². The molecule has 2 saturated heterocycles. The predicted molar refractivity (Wildman–Crippen MR) is 143 cm³/mol. The summed E-state index contributed by atoms with van der Waals surface area (Å²) in [5, 5.41) is 0. The van der Waals surface area contributed by atoms with E-state index in [1.54, 1.807) is 0 Å². The zero-order chi connectivity index (χ0) is 23.3. The van der Waals surface area contributed by atoms with Crippen LogP contribution in [0.5, 0.6) is 0 Å². The van der Waals surface area contributed by atoms with Crippen molar-refractivity contribution in [3.05, 3.63) is 59.7 Å². The maximum absolute atomic E-state index is 5.42. The van der Waals surface area contributed by atoms with Gasteiger partial charge in [0.1, 0.15) is 0 Å². The molecule has 4 rings (SSSR count). The Labute approximate surface area is 214 Å². The van der Waals surface area contributed by atoms with Crippen molar-refractivity contribution in [3.63, 3.8) is 0 Å². The van der Waals surface area contributed by atoms with Crippen LogP contribution in [0, 0.1) is 0 Å². The molecule has 2 fully saturated rings. The van der Waals surface area contributed by atoms with Crippen LogP contribution in [0.1, 0.15) is 11.1 Å². The van der Waals surface area contributed by atoms with E-state index in [2.05, 4.69) is 70.8 Å². The van der Waals surface area contributed by atoms with E-state index in [-0.39, 0.29) is 0 Å². The molecule has 182 valence electrons. The molecule has 2 heterocycles. The molecule has 6 nitrogen and oxygen atoms in total. The second kappa shape index (κ2) is 14.9. The van der Waals surface area contributed by atoms with E-state index in [0.29, 0.717) is 26.3 Å². The SMILES string of the molecule is C(=NCCN1CCOCC1)c1ccccc1[Se][Se]c1ccccc1C=NCCN1CCOCC1. The Morgan fingerprint density at radius 3 is 1.50 bits per heavy atom. The van der Waals surface area contributed by atoms with Gasteiger partial charge in [-0.3, -0.25) is 0 Å². The van der Waals surface area contributed by atoms with Crippen LogP contribution in [0.25, 0.3) is 0 Å². The average Bonchev–Trinajstić information content (AvgIpc) is 2.90. The van der Waals surface area contributed by atoms with E-state index in [1.807, 2.05) is 0 Å². The monoisotopic (exact) mass is 594 g/mol. The van der Waals surface area contributed by atoms with Gasteiger partial charge >= 0.3 is 215 Å². The van der Waals surface area contributed by atoms with E-state index in [1.165, 1.54) is 20.1 Å². The number of ether oxygens (including phenoxy) is 2. The van der Waals surface area contributed by atoms with Crippen molar-refractivity contribution in [1.82, 2.24) is 9.80 Å². The van der Waals surface area contributed by atoms with Gasteiger partial charge in [0, 0.05) is 0 Å². The first-order chi connectivity index (χ1) is 16.9. The molecule has 8 heteroatoms. The number of morpholine rings is 2. The van der Waals surface area contributed by atoms with Gasteiger partial charge in [0.05, 0.1) is 0 Å². The Kier molecular flexibility index (Phi) is 11.3. The van der Waals surface area contributed by atoms with Crippen molar-refractivity contribution < 1.29 is 9.47 Å². The van der Waals surface area contributed by atoms with Crippen molar-refractivity contribution in [2.75, 3.05) is 78.8 Å². The van der Waals surface area contributed by atoms with Gasteiger partial charge in [-0.1, -0.05) is 0 Å². The summed E-state index contributed by atoms with van der Waals surface area (Å²) in [7, 11) is 0. The van der Waals surface area contributed by atoms with Crippen LogP contribution in [-0.4, -0.2) is 127 Å². The van der Waals surface area contributed by atoms with Crippen molar-refractivity contribution >= 4 is 47.6 Å². The molecule has 2 aromatic carbocycles. The molecule has 0 N–H and O–H groups in total. The minimum absolute atomic E-state index is 0.400. The second-order valence-corrected chi connectivity index (χ2v) is 14.4.